The van der Waals surface area contributed by atoms with Crippen molar-refractivity contribution in [3.63, 3.8) is 0 Å². The van der Waals surface area contributed by atoms with Gasteiger partial charge < -0.3 is 5.32 Å². The molecule has 28 heavy (non-hydrogen) atoms. The van der Waals surface area contributed by atoms with Crippen LogP contribution in [0.4, 0.5) is 11.4 Å². The molecular formula is C19H16BrCl2N3O2S. The number of amidine groups is 1. The normalized spacial score (nSPS) is 18.4. The maximum Gasteiger partial charge on any atom is 0.238 e. The molecule has 0 saturated carbocycles. The Morgan fingerprint density at radius 2 is 1.89 bits per heavy atom. The summed E-state index contributed by atoms with van der Waals surface area (Å²) in [6.07, 6.45) is 0.0952. The van der Waals surface area contributed by atoms with Gasteiger partial charge in [-0.05, 0) is 49.4 Å². The highest BCUT2D eigenvalue weighted by molar-refractivity contribution is 9.10. The number of amides is 2. The minimum absolute atomic E-state index is 0.0952. The van der Waals surface area contributed by atoms with Gasteiger partial charge in [0.05, 0.1) is 5.69 Å². The van der Waals surface area contributed by atoms with Crippen molar-refractivity contribution in [2.75, 3.05) is 11.9 Å². The molecule has 3 rings (SSSR count). The van der Waals surface area contributed by atoms with Crippen LogP contribution in [0, 0.1) is 0 Å². The van der Waals surface area contributed by atoms with Crippen molar-refractivity contribution in [2.24, 2.45) is 4.99 Å². The van der Waals surface area contributed by atoms with Crippen LogP contribution in [0.5, 0.6) is 0 Å². The molecule has 2 aromatic rings. The standard InChI is InChI=1S/C19H16BrCl2N3O2S/c1-2-25-17(26)10-16(18(27)23-15-8-12(21)7-13(22)9-15)28-19(25)24-14-5-3-11(20)4-6-14/h3-9,16H,2,10H2,1H3,(H,23,27). The summed E-state index contributed by atoms with van der Waals surface area (Å²) in [5, 5.41) is 3.53. The highest BCUT2D eigenvalue weighted by Gasteiger charge is 2.35. The number of anilines is 1. The molecule has 0 radical (unpaired) electrons. The monoisotopic (exact) mass is 499 g/mol. The van der Waals surface area contributed by atoms with Gasteiger partial charge in [-0.15, -0.1) is 0 Å². The number of aliphatic imine (C=N–C) groups is 1. The highest BCUT2D eigenvalue weighted by atomic mass is 79.9. The van der Waals surface area contributed by atoms with Crippen molar-refractivity contribution >= 4 is 79.3 Å². The molecule has 0 bridgehead atoms. The van der Waals surface area contributed by atoms with E-state index in [0.717, 1.165) is 4.47 Å². The average molecular weight is 501 g/mol. The Hall–Kier alpha value is -1.54. The van der Waals surface area contributed by atoms with Crippen LogP contribution in [0.3, 0.4) is 0 Å². The van der Waals surface area contributed by atoms with Crippen LogP contribution in [0.25, 0.3) is 0 Å². The summed E-state index contributed by atoms with van der Waals surface area (Å²) in [6.45, 7) is 2.36. The van der Waals surface area contributed by atoms with Gasteiger partial charge >= 0.3 is 0 Å². The molecule has 1 heterocycles. The fourth-order valence-corrected chi connectivity index (χ4v) is 4.58. The van der Waals surface area contributed by atoms with Gasteiger partial charge in [-0.2, -0.15) is 0 Å². The number of rotatable bonds is 4. The Morgan fingerprint density at radius 1 is 1.25 bits per heavy atom. The summed E-state index contributed by atoms with van der Waals surface area (Å²) in [5.41, 5.74) is 1.19. The number of thioether (sulfide) groups is 1. The van der Waals surface area contributed by atoms with E-state index in [9.17, 15) is 9.59 Å². The number of nitrogens with zero attached hydrogens (tertiary/aromatic N) is 2. The number of halogens is 3. The zero-order chi connectivity index (χ0) is 20.3. The molecule has 1 saturated heterocycles. The van der Waals surface area contributed by atoms with Gasteiger partial charge in [0, 0.05) is 33.2 Å². The molecule has 9 heteroatoms. The molecule has 5 nitrogen and oxygen atoms in total. The minimum atomic E-state index is -0.595. The van der Waals surface area contributed by atoms with E-state index < -0.39 is 5.25 Å². The van der Waals surface area contributed by atoms with Gasteiger partial charge in [0.15, 0.2) is 5.17 Å². The molecule has 0 spiro atoms. The predicted molar refractivity (Wildman–Crippen MR) is 120 cm³/mol. The second-order valence-electron chi connectivity index (χ2n) is 5.97. The minimum Gasteiger partial charge on any atom is -0.325 e. The van der Waals surface area contributed by atoms with Crippen LogP contribution in [0.15, 0.2) is 51.9 Å². The molecule has 2 aromatic carbocycles. The van der Waals surface area contributed by atoms with Crippen molar-refractivity contribution in [1.82, 2.24) is 4.90 Å². The first-order chi connectivity index (χ1) is 13.4. The summed E-state index contributed by atoms with van der Waals surface area (Å²) in [4.78, 5) is 31.4. The fraction of sp³-hybridized carbons (Fsp3) is 0.211. The molecule has 2 amide bonds. The molecule has 1 N–H and O–H groups in total. The van der Waals surface area contributed by atoms with Crippen LogP contribution in [-0.2, 0) is 9.59 Å². The lowest BCUT2D eigenvalue weighted by molar-refractivity contribution is -0.129. The molecule has 1 atom stereocenters. The van der Waals surface area contributed by atoms with E-state index in [4.69, 9.17) is 23.2 Å². The lowest BCUT2D eigenvalue weighted by Crippen LogP contribution is -2.45. The Kier molecular flexibility index (Phi) is 7.04. The van der Waals surface area contributed by atoms with Gasteiger partial charge in [-0.1, -0.05) is 50.9 Å². The largest absolute Gasteiger partial charge is 0.325 e. The summed E-state index contributed by atoms with van der Waals surface area (Å²) in [5.74, 6) is -0.433. The third kappa shape index (κ3) is 5.29. The van der Waals surface area contributed by atoms with Crippen molar-refractivity contribution in [1.29, 1.82) is 0 Å². The van der Waals surface area contributed by atoms with E-state index in [1.807, 2.05) is 31.2 Å². The van der Waals surface area contributed by atoms with Gasteiger partial charge in [0.2, 0.25) is 11.8 Å². The summed E-state index contributed by atoms with van der Waals surface area (Å²) < 4.78 is 0.939. The second kappa shape index (κ2) is 9.31. The predicted octanol–water partition coefficient (Wildman–Crippen LogP) is 5.74. The van der Waals surface area contributed by atoms with Crippen molar-refractivity contribution in [3.05, 3.63) is 57.0 Å². The molecule has 0 aromatic heterocycles. The number of carbonyl (C=O) groups is 2. The van der Waals surface area contributed by atoms with E-state index in [-0.39, 0.29) is 18.2 Å². The van der Waals surface area contributed by atoms with E-state index in [0.29, 0.717) is 33.1 Å². The number of hydrogen-bond acceptors (Lipinski definition) is 4. The Morgan fingerprint density at radius 3 is 2.50 bits per heavy atom. The third-order valence-corrected chi connectivity index (χ3v) is 6.08. The van der Waals surface area contributed by atoms with E-state index >= 15 is 0 Å². The van der Waals surface area contributed by atoms with Crippen LogP contribution in [0.2, 0.25) is 10.0 Å². The topological polar surface area (TPSA) is 61.8 Å². The molecule has 1 aliphatic heterocycles. The maximum atomic E-state index is 12.7. The highest BCUT2D eigenvalue weighted by Crippen LogP contribution is 2.31. The fourth-order valence-electron chi connectivity index (χ4n) is 2.63. The zero-order valence-corrected chi connectivity index (χ0v) is 18.7. The Balaban J connectivity index is 1.81. The lowest BCUT2D eigenvalue weighted by Gasteiger charge is -2.30. The molecule has 1 aliphatic rings. The lowest BCUT2D eigenvalue weighted by atomic mass is 10.2. The van der Waals surface area contributed by atoms with Gasteiger partial charge in [-0.3, -0.25) is 14.5 Å². The van der Waals surface area contributed by atoms with E-state index in [1.165, 1.54) is 11.8 Å². The zero-order valence-electron chi connectivity index (χ0n) is 14.8. The summed E-state index contributed by atoms with van der Waals surface area (Å²) in [7, 11) is 0. The number of carbonyl (C=O) groups excluding carboxylic acids is 2. The first-order valence-corrected chi connectivity index (χ1v) is 10.9. The Bertz CT molecular complexity index is 917. The molecular weight excluding hydrogens is 485 g/mol. The van der Waals surface area contributed by atoms with Gasteiger partial charge in [0.1, 0.15) is 5.25 Å². The summed E-state index contributed by atoms with van der Waals surface area (Å²) >= 11 is 16.6. The average Bonchev–Trinajstić information content (AvgIpc) is 2.62. The van der Waals surface area contributed by atoms with E-state index in [1.54, 1.807) is 23.1 Å². The quantitative estimate of drug-likeness (QED) is 0.582. The van der Waals surface area contributed by atoms with Crippen molar-refractivity contribution < 1.29 is 9.59 Å². The van der Waals surface area contributed by atoms with Crippen LogP contribution in [0.1, 0.15) is 13.3 Å². The van der Waals surface area contributed by atoms with Gasteiger partial charge in [0.25, 0.3) is 0 Å². The van der Waals surface area contributed by atoms with Crippen molar-refractivity contribution in [2.45, 2.75) is 18.6 Å². The number of benzene rings is 2. The number of nitrogens with one attached hydrogen (secondary N) is 1. The second-order valence-corrected chi connectivity index (χ2v) is 8.93. The maximum absolute atomic E-state index is 12.7. The van der Waals surface area contributed by atoms with Crippen LogP contribution in [-0.4, -0.2) is 33.7 Å². The SMILES string of the molecule is CCN1C(=O)CC(C(=O)Nc2cc(Cl)cc(Cl)c2)SC1=Nc1ccc(Br)cc1. The smallest absolute Gasteiger partial charge is 0.238 e. The molecule has 0 aliphatic carbocycles. The number of hydrogen-bond donors (Lipinski definition) is 1. The molecule has 1 fully saturated rings. The van der Waals surface area contributed by atoms with Crippen molar-refractivity contribution in [3.8, 4) is 0 Å². The Labute approximate surface area is 185 Å². The molecule has 146 valence electrons. The molecule has 1 unspecified atom stereocenters. The first-order valence-electron chi connectivity index (χ1n) is 8.44. The first kappa shape index (κ1) is 21.2. The van der Waals surface area contributed by atoms with Gasteiger partial charge in [-0.25, -0.2) is 4.99 Å². The summed E-state index contributed by atoms with van der Waals surface area (Å²) in [6, 6.07) is 12.2. The van der Waals surface area contributed by atoms with E-state index in [2.05, 4.69) is 26.2 Å². The van der Waals surface area contributed by atoms with Crippen LogP contribution < -0.4 is 5.32 Å². The van der Waals surface area contributed by atoms with Crippen LogP contribution >= 0.6 is 50.9 Å². The third-order valence-electron chi connectivity index (χ3n) is 3.93.